The Kier molecular flexibility index (Phi) is 5.20. The number of nitrogens with one attached hydrogen (secondary N) is 1. The van der Waals surface area contributed by atoms with E-state index >= 15 is 0 Å². The third kappa shape index (κ3) is 3.81. The van der Waals surface area contributed by atoms with Crippen molar-refractivity contribution in [3.63, 3.8) is 0 Å². The number of benzene rings is 1. The molecule has 3 aliphatic rings. The summed E-state index contributed by atoms with van der Waals surface area (Å²) in [4.78, 5) is 15.1. The average Bonchev–Trinajstić information content (AvgIpc) is 3.34. The number of fused-ring (bicyclic) bond motifs is 1. The number of carbonyl (C=O) groups excluding carboxylic acids is 1. The van der Waals surface area contributed by atoms with Crippen LogP contribution in [0.5, 0.6) is 5.75 Å². The highest BCUT2D eigenvalue weighted by Gasteiger charge is 2.31. The molecule has 1 amide bonds. The molecule has 0 aromatic heterocycles. The van der Waals surface area contributed by atoms with Gasteiger partial charge in [-0.1, -0.05) is 0 Å². The number of amides is 1. The SMILES string of the molecule is O=C(NCC(C1CCOC1)N1CCOCC1)c1ccc2c(c1)CCO2. The van der Waals surface area contributed by atoms with E-state index in [4.69, 9.17) is 14.2 Å². The Morgan fingerprint density at radius 2 is 2.08 bits per heavy atom. The van der Waals surface area contributed by atoms with Gasteiger partial charge in [0.05, 0.1) is 26.4 Å². The molecule has 0 spiro atoms. The molecule has 0 aliphatic carbocycles. The van der Waals surface area contributed by atoms with E-state index in [0.29, 0.717) is 30.7 Å². The second-order valence-electron chi connectivity index (χ2n) is 6.97. The number of carbonyl (C=O) groups is 1. The minimum atomic E-state index is -0.00752. The minimum absolute atomic E-state index is 0.00752. The number of morpholine rings is 1. The maximum atomic E-state index is 12.6. The molecule has 0 radical (unpaired) electrons. The zero-order chi connectivity index (χ0) is 17.1. The van der Waals surface area contributed by atoms with Gasteiger partial charge in [0.1, 0.15) is 5.75 Å². The van der Waals surface area contributed by atoms with Gasteiger partial charge < -0.3 is 19.5 Å². The maximum absolute atomic E-state index is 12.6. The van der Waals surface area contributed by atoms with Crippen molar-refractivity contribution in [2.75, 3.05) is 52.7 Å². The van der Waals surface area contributed by atoms with E-state index in [9.17, 15) is 4.79 Å². The van der Waals surface area contributed by atoms with E-state index in [2.05, 4.69) is 10.2 Å². The third-order valence-corrected chi connectivity index (χ3v) is 5.45. The van der Waals surface area contributed by atoms with E-state index < -0.39 is 0 Å². The summed E-state index contributed by atoms with van der Waals surface area (Å²) in [6.45, 7) is 6.35. The van der Waals surface area contributed by atoms with E-state index in [0.717, 1.165) is 63.7 Å². The Morgan fingerprint density at radius 1 is 1.20 bits per heavy atom. The van der Waals surface area contributed by atoms with Gasteiger partial charge in [-0.3, -0.25) is 9.69 Å². The zero-order valence-corrected chi connectivity index (χ0v) is 14.5. The van der Waals surface area contributed by atoms with Crippen molar-refractivity contribution in [1.29, 1.82) is 0 Å². The number of hydrogen-bond donors (Lipinski definition) is 1. The van der Waals surface area contributed by atoms with Gasteiger partial charge in [0.2, 0.25) is 0 Å². The molecule has 0 saturated carbocycles. The van der Waals surface area contributed by atoms with Gasteiger partial charge in [-0.2, -0.15) is 0 Å². The summed E-state index contributed by atoms with van der Waals surface area (Å²) < 4.78 is 16.6. The number of nitrogens with zero attached hydrogens (tertiary/aromatic N) is 1. The molecule has 3 heterocycles. The molecule has 1 aromatic carbocycles. The summed E-state index contributed by atoms with van der Waals surface area (Å²) in [6.07, 6.45) is 1.94. The lowest BCUT2D eigenvalue weighted by Gasteiger charge is -2.37. The Balaban J connectivity index is 1.40. The highest BCUT2D eigenvalue weighted by Crippen LogP contribution is 2.26. The highest BCUT2D eigenvalue weighted by atomic mass is 16.5. The summed E-state index contributed by atoms with van der Waals surface area (Å²) in [7, 11) is 0. The lowest BCUT2D eigenvalue weighted by atomic mass is 9.96. The normalized spacial score (nSPS) is 24.6. The molecule has 2 unspecified atom stereocenters. The van der Waals surface area contributed by atoms with Crippen molar-refractivity contribution >= 4 is 5.91 Å². The summed E-state index contributed by atoms with van der Waals surface area (Å²) in [5.41, 5.74) is 1.84. The van der Waals surface area contributed by atoms with Gasteiger partial charge >= 0.3 is 0 Å². The van der Waals surface area contributed by atoms with Crippen LogP contribution in [-0.4, -0.2) is 69.5 Å². The van der Waals surface area contributed by atoms with Crippen LogP contribution in [0.2, 0.25) is 0 Å². The Labute approximate surface area is 148 Å². The van der Waals surface area contributed by atoms with Crippen molar-refractivity contribution in [2.45, 2.75) is 18.9 Å². The Bertz CT molecular complexity index is 609. The van der Waals surface area contributed by atoms with Crippen LogP contribution in [0.1, 0.15) is 22.3 Å². The highest BCUT2D eigenvalue weighted by molar-refractivity contribution is 5.94. The average molecular weight is 346 g/mol. The monoisotopic (exact) mass is 346 g/mol. The fourth-order valence-corrected chi connectivity index (χ4v) is 3.99. The van der Waals surface area contributed by atoms with Crippen LogP contribution in [0.3, 0.4) is 0 Å². The fraction of sp³-hybridized carbons (Fsp3) is 0.632. The third-order valence-electron chi connectivity index (χ3n) is 5.45. The molecule has 0 bridgehead atoms. The van der Waals surface area contributed by atoms with E-state index in [1.165, 1.54) is 0 Å². The molecule has 6 heteroatoms. The number of rotatable bonds is 5. The first-order valence-electron chi connectivity index (χ1n) is 9.25. The molecule has 6 nitrogen and oxygen atoms in total. The van der Waals surface area contributed by atoms with Gasteiger partial charge in [0.25, 0.3) is 5.91 Å². The first-order chi connectivity index (χ1) is 12.3. The number of hydrogen-bond acceptors (Lipinski definition) is 5. The topological polar surface area (TPSA) is 60.0 Å². The van der Waals surface area contributed by atoms with Crippen LogP contribution < -0.4 is 10.1 Å². The van der Waals surface area contributed by atoms with Gasteiger partial charge in [0.15, 0.2) is 0 Å². The molecule has 3 aliphatic heterocycles. The van der Waals surface area contributed by atoms with Crippen molar-refractivity contribution in [3.8, 4) is 5.75 Å². The molecule has 2 saturated heterocycles. The molecular weight excluding hydrogens is 320 g/mol. The molecule has 1 aromatic rings. The van der Waals surface area contributed by atoms with Gasteiger partial charge in [0, 0.05) is 50.2 Å². The van der Waals surface area contributed by atoms with Crippen LogP contribution in [0, 0.1) is 5.92 Å². The summed E-state index contributed by atoms with van der Waals surface area (Å²) in [5.74, 6) is 1.38. The van der Waals surface area contributed by atoms with Crippen LogP contribution in [-0.2, 0) is 15.9 Å². The molecule has 2 fully saturated rings. The standard InChI is InChI=1S/C19H26N2O4/c22-19(15-1-2-18-14(11-15)4-8-25-18)20-12-17(16-3-7-24-13-16)21-5-9-23-10-6-21/h1-2,11,16-17H,3-10,12-13H2,(H,20,22). The van der Waals surface area contributed by atoms with Crippen LogP contribution in [0.15, 0.2) is 18.2 Å². The summed E-state index contributed by atoms with van der Waals surface area (Å²) in [5, 5.41) is 3.15. The Morgan fingerprint density at radius 3 is 2.88 bits per heavy atom. The van der Waals surface area contributed by atoms with Crippen LogP contribution in [0.4, 0.5) is 0 Å². The van der Waals surface area contributed by atoms with Crippen molar-refractivity contribution in [1.82, 2.24) is 10.2 Å². The van der Waals surface area contributed by atoms with Crippen molar-refractivity contribution in [2.24, 2.45) is 5.92 Å². The lowest BCUT2D eigenvalue weighted by molar-refractivity contribution is 0.00166. The van der Waals surface area contributed by atoms with E-state index in [1.807, 2.05) is 18.2 Å². The summed E-state index contributed by atoms with van der Waals surface area (Å²) >= 11 is 0. The van der Waals surface area contributed by atoms with E-state index in [1.54, 1.807) is 0 Å². The molecule has 2 atom stereocenters. The van der Waals surface area contributed by atoms with Crippen LogP contribution >= 0.6 is 0 Å². The van der Waals surface area contributed by atoms with E-state index in [-0.39, 0.29) is 5.91 Å². The van der Waals surface area contributed by atoms with Crippen molar-refractivity contribution < 1.29 is 19.0 Å². The van der Waals surface area contributed by atoms with Crippen molar-refractivity contribution in [3.05, 3.63) is 29.3 Å². The second-order valence-corrected chi connectivity index (χ2v) is 6.97. The smallest absolute Gasteiger partial charge is 0.251 e. The van der Waals surface area contributed by atoms with Gasteiger partial charge in [-0.05, 0) is 30.2 Å². The molecule has 1 N–H and O–H groups in total. The predicted molar refractivity (Wildman–Crippen MR) is 93.1 cm³/mol. The molecule has 136 valence electrons. The quantitative estimate of drug-likeness (QED) is 0.865. The largest absolute Gasteiger partial charge is 0.493 e. The van der Waals surface area contributed by atoms with Gasteiger partial charge in [-0.25, -0.2) is 0 Å². The molecule has 25 heavy (non-hydrogen) atoms. The Hall–Kier alpha value is -1.63. The minimum Gasteiger partial charge on any atom is -0.493 e. The van der Waals surface area contributed by atoms with Crippen LogP contribution in [0.25, 0.3) is 0 Å². The molecule has 4 rings (SSSR count). The molecular formula is C19H26N2O4. The predicted octanol–water partition coefficient (Wildman–Crippen LogP) is 1.09. The fourth-order valence-electron chi connectivity index (χ4n) is 3.99. The summed E-state index contributed by atoms with van der Waals surface area (Å²) in [6, 6.07) is 6.02. The van der Waals surface area contributed by atoms with Gasteiger partial charge in [-0.15, -0.1) is 0 Å². The lowest BCUT2D eigenvalue weighted by Crippen LogP contribution is -2.52. The second kappa shape index (κ2) is 7.72. The number of ether oxygens (including phenoxy) is 3. The first-order valence-corrected chi connectivity index (χ1v) is 9.25. The maximum Gasteiger partial charge on any atom is 0.251 e. The first kappa shape index (κ1) is 16.8. The zero-order valence-electron chi connectivity index (χ0n) is 14.5.